The maximum Gasteiger partial charge on any atom is 0.286 e. The standard InChI is InChI=1S/C31H36N2O7S/c1-38-27-12-14-28(15-13-27)41(36,37)33(18-20-34)19-21-39-30-23-26(25-10-6-3-7-11-25)22-29(40-30)31(35)32-17-16-24-8-4-2-5-9-24/h2-15,22,26,30,34H,16-21,23H2,1H3,(H,32,35)/t26-,30+/m0/s1. The average Bonchev–Trinajstić information content (AvgIpc) is 3.01. The zero-order valence-corrected chi connectivity index (χ0v) is 23.8. The second-order valence-corrected chi connectivity index (χ2v) is 11.4. The fraction of sp³-hybridized carbons (Fsp3) is 0.323. The third-order valence-electron chi connectivity index (χ3n) is 6.74. The second kappa shape index (κ2) is 14.8. The number of hydrogen-bond donors (Lipinski definition) is 2. The van der Waals surface area contributed by atoms with Crippen molar-refractivity contribution in [1.29, 1.82) is 0 Å². The summed E-state index contributed by atoms with van der Waals surface area (Å²) in [5.74, 6) is 0.248. The molecule has 1 heterocycles. The van der Waals surface area contributed by atoms with Crippen LogP contribution in [0.4, 0.5) is 0 Å². The van der Waals surface area contributed by atoms with E-state index in [2.05, 4.69) is 5.32 Å². The first kappa shape index (κ1) is 30.3. The molecule has 2 atom stereocenters. The van der Waals surface area contributed by atoms with Gasteiger partial charge in [-0.3, -0.25) is 4.79 Å². The normalized spacial score (nSPS) is 17.0. The second-order valence-electron chi connectivity index (χ2n) is 9.50. The number of allylic oxidation sites excluding steroid dienone is 1. The van der Waals surface area contributed by atoms with Gasteiger partial charge in [0.25, 0.3) is 5.91 Å². The van der Waals surface area contributed by atoms with Crippen molar-refractivity contribution in [2.45, 2.75) is 29.9 Å². The Morgan fingerprint density at radius 3 is 2.34 bits per heavy atom. The third kappa shape index (κ3) is 8.40. The first-order valence-electron chi connectivity index (χ1n) is 13.5. The van der Waals surface area contributed by atoms with E-state index >= 15 is 0 Å². The Morgan fingerprint density at radius 2 is 1.68 bits per heavy atom. The Hall–Kier alpha value is -3.70. The molecule has 0 radical (unpaired) electrons. The summed E-state index contributed by atoms with van der Waals surface area (Å²) in [4.78, 5) is 13.1. The SMILES string of the molecule is COc1ccc(S(=O)(=O)N(CCO)CCO[C@H]2C[C@@H](c3ccccc3)C=C(C(=O)NCCc3ccccc3)O2)cc1. The van der Waals surface area contributed by atoms with Crippen molar-refractivity contribution in [1.82, 2.24) is 9.62 Å². The van der Waals surface area contributed by atoms with Crippen LogP contribution in [0.1, 0.15) is 23.5 Å². The molecule has 0 aromatic heterocycles. The van der Waals surface area contributed by atoms with Crippen molar-refractivity contribution in [3.8, 4) is 5.75 Å². The number of benzene rings is 3. The van der Waals surface area contributed by atoms with Gasteiger partial charge in [-0.25, -0.2) is 8.42 Å². The van der Waals surface area contributed by atoms with Gasteiger partial charge in [-0.15, -0.1) is 0 Å². The molecule has 3 aromatic rings. The van der Waals surface area contributed by atoms with Crippen LogP contribution < -0.4 is 10.1 Å². The average molecular weight is 581 g/mol. The molecule has 9 nitrogen and oxygen atoms in total. The summed E-state index contributed by atoms with van der Waals surface area (Å²) in [6.45, 7) is 0.00821. The molecular formula is C31H36N2O7S. The summed E-state index contributed by atoms with van der Waals surface area (Å²) < 4.78 is 44.6. The zero-order chi connectivity index (χ0) is 29.1. The number of aliphatic hydroxyl groups excluding tert-OH is 1. The number of aliphatic hydroxyl groups is 1. The molecule has 2 N–H and O–H groups in total. The van der Waals surface area contributed by atoms with Crippen molar-refractivity contribution in [2.75, 3.05) is 40.0 Å². The highest BCUT2D eigenvalue weighted by Gasteiger charge is 2.30. The highest BCUT2D eigenvalue weighted by Crippen LogP contribution is 2.31. The summed E-state index contributed by atoms with van der Waals surface area (Å²) in [7, 11) is -2.38. The van der Waals surface area contributed by atoms with E-state index < -0.39 is 16.3 Å². The molecular weight excluding hydrogens is 544 g/mol. The molecule has 4 rings (SSSR count). The van der Waals surface area contributed by atoms with Crippen molar-refractivity contribution in [2.24, 2.45) is 0 Å². The number of hydrogen-bond acceptors (Lipinski definition) is 7. The van der Waals surface area contributed by atoms with E-state index in [1.54, 1.807) is 18.2 Å². The smallest absolute Gasteiger partial charge is 0.286 e. The molecule has 0 bridgehead atoms. The molecule has 0 aliphatic carbocycles. The summed E-state index contributed by atoms with van der Waals surface area (Å²) in [5, 5.41) is 12.5. The predicted molar refractivity (Wildman–Crippen MR) is 155 cm³/mol. The Labute approximate surface area is 241 Å². The molecule has 0 spiro atoms. The van der Waals surface area contributed by atoms with Gasteiger partial charge in [0.05, 0.1) is 25.2 Å². The summed E-state index contributed by atoms with van der Waals surface area (Å²) in [6, 6.07) is 25.7. The number of rotatable bonds is 14. The largest absolute Gasteiger partial charge is 0.497 e. The maximum atomic E-state index is 13.2. The van der Waals surface area contributed by atoms with Gasteiger partial charge in [-0.2, -0.15) is 4.31 Å². The van der Waals surface area contributed by atoms with Crippen LogP contribution in [-0.2, 0) is 30.7 Å². The number of amides is 1. The number of ether oxygens (including phenoxy) is 3. The number of carbonyl (C=O) groups is 1. The minimum Gasteiger partial charge on any atom is -0.497 e. The van der Waals surface area contributed by atoms with Gasteiger partial charge in [-0.1, -0.05) is 60.7 Å². The van der Waals surface area contributed by atoms with Gasteiger partial charge in [0.15, 0.2) is 5.76 Å². The molecule has 1 aliphatic heterocycles. The number of nitrogens with one attached hydrogen (secondary N) is 1. The van der Waals surface area contributed by atoms with E-state index in [9.17, 15) is 18.3 Å². The Morgan fingerprint density at radius 1 is 1.00 bits per heavy atom. The monoisotopic (exact) mass is 580 g/mol. The van der Waals surface area contributed by atoms with Crippen LogP contribution in [-0.4, -0.2) is 70.0 Å². The van der Waals surface area contributed by atoms with Gasteiger partial charge < -0.3 is 24.6 Å². The molecule has 0 saturated heterocycles. The van der Waals surface area contributed by atoms with E-state index in [-0.39, 0.29) is 48.8 Å². The molecule has 0 unspecified atom stereocenters. The van der Waals surface area contributed by atoms with Crippen LogP contribution in [0.3, 0.4) is 0 Å². The fourth-order valence-electron chi connectivity index (χ4n) is 4.55. The summed E-state index contributed by atoms with van der Waals surface area (Å²) >= 11 is 0. The Kier molecular flexibility index (Phi) is 10.9. The van der Waals surface area contributed by atoms with Crippen LogP contribution in [0.2, 0.25) is 0 Å². The fourth-order valence-corrected chi connectivity index (χ4v) is 5.96. The highest BCUT2D eigenvalue weighted by atomic mass is 32.2. The van der Waals surface area contributed by atoms with Crippen molar-refractivity contribution in [3.63, 3.8) is 0 Å². The lowest BCUT2D eigenvalue weighted by Gasteiger charge is -2.30. The molecule has 218 valence electrons. The maximum absolute atomic E-state index is 13.2. The minimum atomic E-state index is -3.88. The van der Waals surface area contributed by atoms with Crippen molar-refractivity contribution >= 4 is 15.9 Å². The first-order valence-corrected chi connectivity index (χ1v) is 15.0. The van der Waals surface area contributed by atoms with E-state index in [4.69, 9.17) is 14.2 Å². The number of carbonyl (C=O) groups excluding carboxylic acids is 1. The lowest BCUT2D eigenvalue weighted by molar-refractivity contribution is -0.146. The number of methoxy groups -OCH3 is 1. The lowest BCUT2D eigenvalue weighted by atomic mass is 9.93. The number of nitrogens with zero attached hydrogens (tertiary/aromatic N) is 1. The van der Waals surface area contributed by atoms with Crippen LogP contribution in [0.15, 0.2) is 102 Å². The van der Waals surface area contributed by atoms with Crippen LogP contribution in [0, 0.1) is 0 Å². The first-order chi connectivity index (χ1) is 19.9. The van der Waals surface area contributed by atoms with Crippen LogP contribution >= 0.6 is 0 Å². The quantitative estimate of drug-likeness (QED) is 0.300. The number of sulfonamides is 1. The molecule has 0 fully saturated rings. The molecule has 1 amide bonds. The van der Waals surface area contributed by atoms with E-state index in [0.29, 0.717) is 25.1 Å². The van der Waals surface area contributed by atoms with Crippen molar-refractivity contribution < 1.29 is 32.5 Å². The van der Waals surface area contributed by atoms with Crippen LogP contribution in [0.25, 0.3) is 0 Å². The summed E-state index contributed by atoms with van der Waals surface area (Å²) in [5.41, 5.74) is 2.13. The molecule has 0 saturated carbocycles. The van der Waals surface area contributed by atoms with E-state index in [1.807, 2.05) is 60.7 Å². The van der Waals surface area contributed by atoms with E-state index in [0.717, 1.165) is 11.1 Å². The zero-order valence-electron chi connectivity index (χ0n) is 23.0. The predicted octanol–water partition coefficient (Wildman–Crippen LogP) is 3.47. The third-order valence-corrected chi connectivity index (χ3v) is 8.65. The highest BCUT2D eigenvalue weighted by molar-refractivity contribution is 7.89. The molecule has 10 heteroatoms. The Bertz CT molecular complexity index is 1380. The molecule has 3 aromatic carbocycles. The molecule has 41 heavy (non-hydrogen) atoms. The topological polar surface area (TPSA) is 114 Å². The van der Waals surface area contributed by atoms with Crippen molar-refractivity contribution in [3.05, 3.63) is 108 Å². The lowest BCUT2D eigenvalue weighted by Crippen LogP contribution is -2.38. The van der Waals surface area contributed by atoms with Gasteiger partial charge in [-0.05, 0) is 47.9 Å². The molecule has 1 aliphatic rings. The summed E-state index contributed by atoms with van der Waals surface area (Å²) in [6.07, 6.45) is 2.18. The van der Waals surface area contributed by atoms with Gasteiger partial charge in [0.1, 0.15) is 5.75 Å². The van der Waals surface area contributed by atoms with Crippen LogP contribution in [0.5, 0.6) is 5.75 Å². The van der Waals surface area contributed by atoms with Gasteiger partial charge in [0.2, 0.25) is 16.3 Å². The van der Waals surface area contributed by atoms with Gasteiger partial charge in [0, 0.05) is 32.0 Å². The Balaban J connectivity index is 1.40. The minimum absolute atomic E-state index is 0.00443. The van der Waals surface area contributed by atoms with E-state index in [1.165, 1.54) is 23.5 Å². The van der Waals surface area contributed by atoms with Gasteiger partial charge >= 0.3 is 0 Å².